The van der Waals surface area contributed by atoms with Crippen LogP contribution in [0.25, 0.3) is 0 Å². The minimum absolute atomic E-state index is 0.0871. The average molecular weight is 1210 g/mol. The van der Waals surface area contributed by atoms with Gasteiger partial charge in [-0.1, -0.05) is 94.9 Å². The molecule has 4 aromatic carbocycles. The van der Waals surface area contributed by atoms with Crippen molar-refractivity contribution in [3.8, 4) is 0 Å². The summed E-state index contributed by atoms with van der Waals surface area (Å²) in [7, 11) is -7.08. The molecule has 2 aliphatic carbocycles. The van der Waals surface area contributed by atoms with Crippen LogP contribution in [-0.2, 0) is 38.7 Å². The third kappa shape index (κ3) is 13.8. The molecule has 20 heteroatoms. The van der Waals surface area contributed by atoms with Gasteiger partial charge in [-0.25, -0.2) is 26.8 Å². The van der Waals surface area contributed by atoms with Crippen molar-refractivity contribution in [2.24, 2.45) is 31.8 Å². The van der Waals surface area contributed by atoms with E-state index >= 15 is 0 Å². The summed E-state index contributed by atoms with van der Waals surface area (Å²) in [6.45, 7) is 14.8. The monoisotopic (exact) mass is 1210 g/mol. The van der Waals surface area contributed by atoms with E-state index in [-0.39, 0.29) is 48.0 Å². The molecule has 2 amide bonds. The Bertz CT molecular complexity index is 3110. The summed E-state index contributed by atoms with van der Waals surface area (Å²) < 4.78 is 65.7. The van der Waals surface area contributed by atoms with Crippen molar-refractivity contribution < 1.29 is 35.9 Å². The summed E-state index contributed by atoms with van der Waals surface area (Å²) in [6, 6.07) is 27.4. The first kappa shape index (κ1) is 60.1. The Morgan fingerprint density at radius 3 is 1.16 bits per heavy atom. The highest BCUT2D eigenvalue weighted by atomic mass is 35.5. The van der Waals surface area contributed by atoms with E-state index in [1.807, 2.05) is 84.3 Å². The molecule has 2 saturated heterocycles. The lowest BCUT2D eigenvalue weighted by atomic mass is 9.89. The molecule has 10 rings (SSSR count). The second kappa shape index (κ2) is 24.0. The largest absolute Gasteiger partial charge is 0.358 e. The Hall–Kier alpha value is -4.52. The SMILES string of the molecule is CC1=NCC(C[C@@H]2O[C@H](c3cccc(Cl)c3)[C@@H](c3ccc(Cl)cc3)N([C@H](CS(=O)(=O)C(C)(C)C)C3CC3)C2=O)=N1.CC1=NCC(C[C@H]2O[C@H](c3cccc(Cl)c3)[C@@H](c3ccc(Cl)cc3)N([C@H](CS(=O)(=O)C(C)(C)C)C3CC3)C2=O)=N1. The Morgan fingerprint density at radius 2 is 0.875 bits per heavy atom. The minimum Gasteiger partial charge on any atom is -0.358 e. The molecule has 4 aliphatic heterocycles. The maximum atomic E-state index is 14.5. The van der Waals surface area contributed by atoms with Crippen molar-refractivity contribution >= 4 is 101 Å². The van der Waals surface area contributed by atoms with E-state index < -0.39 is 77.8 Å². The Labute approximate surface area is 491 Å². The highest BCUT2D eigenvalue weighted by Crippen LogP contribution is 2.51. The van der Waals surface area contributed by atoms with Gasteiger partial charge in [0.1, 0.15) is 36.1 Å². The lowest BCUT2D eigenvalue weighted by Gasteiger charge is -2.48. The smallest absolute Gasteiger partial charge is 0.253 e. The fourth-order valence-electron chi connectivity index (χ4n) is 10.9. The topological polar surface area (TPSA) is 177 Å². The number of sulfone groups is 2. The van der Waals surface area contributed by atoms with Crippen molar-refractivity contribution in [3.63, 3.8) is 0 Å². The van der Waals surface area contributed by atoms with Crippen LogP contribution in [0.4, 0.5) is 0 Å². The molecule has 6 aliphatic rings. The number of amidine groups is 2. The van der Waals surface area contributed by atoms with Gasteiger partial charge in [-0.2, -0.15) is 0 Å². The number of morpholine rings is 2. The Morgan fingerprint density at radius 1 is 0.525 bits per heavy atom. The number of carbonyl (C=O) groups is 2. The number of nitrogens with zero attached hydrogens (tertiary/aromatic N) is 6. The molecule has 4 aromatic rings. The van der Waals surface area contributed by atoms with E-state index in [9.17, 15) is 26.4 Å². The summed E-state index contributed by atoms with van der Waals surface area (Å²) in [5.41, 5.74) is 4.80. The highest BCUT2D eigenvalue weighted by molar-refractivity contribution is 7.93. The molecular formula is C60H70Cl4N6O8S2. The first-order valence-electron chi connectivity index (χ1n) is 27.2. The van der Waals surface area contributed by atoms with Crippen LogP contribution in [0.3, 0.4) is 0 Å². The van der Waals surface area contributed by atoms with Crippen LogP contribution >= 0.6 is 46.4 Å². The number of amides is 2. The number of hydrogen-bond donors (Lipinski definition) is 0. The molecule has 4 heterocycles. The fraction of sp³-hybridized carbons (Fsp3) is 0.500. The van der Waals surface area contributed by atoms with Crippen molar-refractivity contribution in [2.45, 2.75) is 152 Å². The number of hydrogen-bond acceptors (Lipinski definition) is 12. The van der Waals surface area contributed by atoms with Crippen LogP contribution in [0.15, 0.2) is 117 Å². The Kier molecular flexibility index (Phi) is 18.0. The number of benzene rings is 4. The van der Waals surface area contributed by atoms with Crippen LogP contribution in [0.2, 0.25) is 20.1 Å². The molecule has 0 unspecified atom stereocenters. The van der Waals surface area contributed by atoms with E-state index in [4.69, 9.17) is 55.9 Å². The van der Waals surface area contributed by atoms with E-state index in [1.54, 1.807) is 77.9 Å². The van der Waals surface area contributed by atoms with Gasteiger partial charge in [0.2, 0.25) is 0 Å². The molecule has 0 N–H and O–H groups in total. The zero-order chi connectivity index (χ0) is 57.6. The molecule has 0 spiro atoms. The maximum absolute atomic E-state index is 14.5. The second-order valence-corrected chi connectivity index (χ2v) is 31.1. The van der Waals surface area contributed by atoms with Crippen LogP contribution in [0, 0.1) is 11.8 Å². The Balaban J connectivity index is 0.000000194. The normalized spacial score (nSPS) is 24.6. The summed E-state index contributed by atoms with van der Waals surface area (Å²) in [5, 5.41) is 2.24. The molecule has 8 atom stereocenters. The number of rotatable bonds is 16. The van der Waals surface area contributed by atoms with E-state index in [1.165, 1.54) is 0 Å². The van der Waals surface area contributed by atoms with Gasteiger partial charge in [-0.05, 0) is 164 Å². The molecule has 428 valence electrons. The van der Waals surface area contributed by atoms with Crippen LogP contribution in [0.5, 0.6) is 0 Å². The number of aliphatic imine (C=N–C) groups is 4. The predicted molar refractivity (Wildman–Crippen MR) is 320 cm³/mol. The van der Waals surface area contributed by atoms with Gasteiger partial charge in [0, 0.05) is 56.4 Å². The first-order chi connectivity index (χ1) is 37.7. The zero-order valence-electron chi connectivity index (χ0n) is 46.4. The fourth-order valence-corrected chi connectivity index (χ4v) is 14.3. The van der Waals surface area contributed by atoms with Crippen molar-refractivity contribution in [1.29, 1.82) is 0 Å². The lowest BCUT2D eigenvalue weighted by Crippen LogP contribution is -2.58. The summed E-state index contributed by atoms with van der Waals surface area (Å²) in [6.07, 6.45) is 1.17. The molecule has 4 fully saturated rings. The van der Waals surface area contributed by atoms with Gasteiger partial charge in [0.05, 0.1) is 46.2 Å². The molecular weight excluding hydrogens is 1140 g/mol. The van der Waals surface area contributed by atoms with Crippen molar-refractivity contribution in [1.82, 2.24) is 9.80 Å². The molecule has 0 bridgehead atoms. The van der Waals surface area contributed by atoms with Crippen LogP contribution in [-0.4, -0.2) is 120 Å². The van der Waals surface area contributed by atoms with Gasteiger partial charge >= 0.3 is 0 Å². The average Bonchev–Trinajstić information content (AvgIpc) is 4.43. The van der Waals surface area contributed by atoms with Gasteiger partial charge in [0.15, 0.2) is 19.7 Å². The van der Waals surface area contributed by atoms with Crippen LogP contribution < -0.4 is 0 Å². The standard InChI is InChI=1S/2C30H35Cl2N3O4S/c2*1-18-33-16-24(34-18)15-26-29(36)35(25(19-8-9-19)17-40(37,38)30(2,3)4)27(20-10-12-22(31)13-11-20)28(39-26)21-6-5-7-23(32)14-21/h2*5-7,10-14,19,25-28H,8-9,15-17H2,1-4H3/t25-,26+,27-,28-;25-,26-,27-,28-/m11/s1. The predicted octanol–water partition coefficient (Wildman–Crippen LogP) is 12.5. The van der Waals surface area contributed by atoms with E-state index in [0.29, 0.717) is 44.9 Å². The van der Waals surface area contributed by atoms with Gasteiger partial charge in [0.25, 0.3) is 11.8 Å². The number of ether oxygens (including phenoxy) is 2. The van der Waals surface area contributed by atoms with Gasteiger partial charge < -0.3 is 19.3 Å². The third-order valence-corrected chi connectivity index (χ3v) is 22.1. The molecule has 2 saturated carbocycles. The van der Waals surface area contributed by atoms with Crippen molar-refractivity contribution in [2.75, 3.05) is 24.6 Å². The van der Waals surface area contributed by atoms with Gasteiger partial charge in [-0.3, -0.25) is 19.6 Å². The molecule has 0 aromatic heterocycles. The molecule has 80 heavy (non-hydrogen) atoms. The van der Waals surface area contributed by atoms with E-state index in [0.717, 1.165) is 59.4 Å². The van der Waals surface area contributed by atoms with E-state index in [2.05, 4.69) is 20.0 Å². The highest BCUT2D eigenvalue weighted by Gasteiger charge is 2.54. The second-order valence-electron chi connectivity index (χ2n) is 23.8. The molecule has 14 nitrogen and oxygen atoms in total. The zero-order valence-corrected chi connectivity index (χ0v) is 51.0. The molecule has 0 radical (unpaired) electrons. The van der Waals surface area contributed by atoms with Crippen molar-refractivity contribution in [3.05, 3.63) is 139 Å². The van der Waals surface area contributed by atoms with Gasteiger partial charge in [-0.15, -0.1) is 0 Å². The third-order valence-electron chi connectivity index (χ3n) is 15.8. The summed E-state index contributed by atoms with van der Waals surface area (Å²) in [5.74, 6) is 0.830. The summed E-state index contributed by atoms with van der Waals surface area (Å²) in [4.78, 5) is 50.3. The summed E-state index contributed by atoms with van der Waals surface area (Å²) >= 11 is 25.3. The quantitative estimate of drug-likeness (QED) is 0.106. The number of halogens is 4. The van der Waals surface area contributed by atoms with Crippen LogP contribution in [0.1, 0.15) is 140 Å². The first-order valence-corrected chi connectivity index (χ1v) is 32.1. The maximum Gasteiger partial charge on any atom is 0.253 e. The lowest BCUT2D eigenvalue weighted by molar-refractivity contribution is -0.178. The minimum atomic E-state index is -3.54. The number of carbonyl (C=O) groups excluding carboxylic acids is 2.